The highest BCUT2D eigenvalue weighted by atomic mass is 16.2. The Morgan fingerprint density at radius 3 is 2.41 bits per heavy atom. The number of carbonyl (C=O) groups is 3. The molecule has 6 heteroatoms. The molecule has 2 fully saturated rings. The quantitative estimate of drug-likeness (QED) is 0.635. The van der Waals surface area contributed by atoms with Crippen molar-refractivity contribution in [2.24, 2.45) is 0 Å². The number of nitrogens with zero attached hydrogens (tertiary/aromatic N) is 1. The van der Waals surface area contributed by atoms with Gasteiger partial charge in [0.25, 0.3) is 5.91 Å². The molecule has 2 N–H and O–H groups in total. The molecular formula is C21H27N3O3. The van der Waals surface area contributed by atoms with Gasteiger partial charge in [0.15, 0.2) is 0 Å². The monoisotopic (exact) mass is 369 g/mol. The van der Waals surface area contributed by atoms with Gasteiger partial charge in [-0.25, -0.2) is 0 Å². The Hall–Kier alpha value is -2.37. The second-order valence-electron chi connectivity index (χ2n) is 8.14. The maximum atomic E-state index is 13.6. The molecule has 144 valence electrons. The number of nitrogens with one attached hydrogen (secondary N) is 2. The van der Waals surface area contributed by atoms with Crippen LogP contribution in [-0.4, -0.2) is 34.7 Å². The van der Waals surface area contributed by atoms with Crippen LogP contribution in [0, 0.1) is 0 Å². The minimum atomic E-state index is -1.19. The molecule has 2 aliphatic carbocycles. The van der Waals surface area contributed by atoms with Gasteiger partial charge in [0.2, 0.25) is 0 Å². The highest BCUT2D eigenvalue weighted by molar-refractivity contribution is 6.41. The Labute approximate surface area is 159 Å². The molecule has 4 rings (SSSR count). The fourth-order valence-corrected chi connectivity index (χ4v) is 4.48. The SMILES string of the molecule is CC1(C(=O)NC2CCCCCC2)c2ccccc2NC(=O)C(=O)N1C1CC1. The molecule has 0 radical (unpaired) electrons. The third kappa shape index (κ3) is 3.22. The maximum absolute atomic E-state index is 13.6. The minimum absolute atomic E-state index is 0.0562. The number of rotatable bonds is 3. The topological polar surface area (TPSA) is 78.5 Å². The van der Waals surface area contributed by atoms with E-state index < -0.39 is 17.4 Å². The summed E-state index contributed by atoms with van der Waals surface area (Å²) >= 11 is 0. The fraction of sp³-hybridized carbons (Fsp3) is 0.571. The molecule has 3 aliphatic rings. The highest BCUT2D eigenvalue weighted by Gasteiger charge is 2.54. The zero-order chi connectivity index (χ0) is 19.0. The molecule has 6 nitrogen and oxygen atoms in total. The number of para-hydroxylation sites is 1. The van der Waals surface area contributed by atoms with Crippen molar-refractivity contribution in [1.82, 2.24) is 10.2 Å². The van der Waals surface area contributed by atoms with Crippen LogP contribution in [0.1, 0.15) is 63.9 Å². The fourth-order valence-electron chi connectivity index (χ4n) is 4.48. The number of fused-ring (bicyclic) bond motifs is 1. The second-order valence-corrected chi connectivity index (χ2v) is 8.14. The Bertz CT molecular complexity index is 766. The first-order valence-electron chi connectivity index (χ1n) is 10.1. The third-order valence-electron chi connectivity index (χ3n) is 6.14. The standard InChI is InChI=1S/C21H27N3O3/c1-21(20(27)22-14-8-4-2-3-5-9-14)16-10-6-7-11-17(16)23-18(25)19(26)24(21)15-12-13-15/h6-7,10-11,14-15H,2-5,8-9,12-13H2,1H3,(H,22,27)(H,23,25). The van der Waals surface area contributed by atoms with Gasteiger partial charge in [0.1, 0.15) is 5.54 Å². The molecule has 1 aromatic rings. The van der Waals surface area contributed by atoms with Crippen molar-refractivity contribution in [2.75, 3.05) is 5.32 Å². The van der Waals surface area contributed by atoms with Gasteiger partial charge in [-0.15, -0.1) is 0 Å². The van der Waals surface area contributed by atoms with Gasteiger partial charge in [-0.05, 0) is 38.7 Å². The third-order valence-corrected chi connectivity index (χ3v) is 6.14. The van der Waals surface area contributed by atoms with Crippen molar-refractivity contribution in [3.05, 3.63) is 29.8 Å². The van der Waals surface area contributed by atoms with E-state index in [4.69, 9.17) is 0 Å². The molecule has 1 aliphatic heterocycles. The summed E-state index contributed by atoms with van der Waals surface area (Å²) in [5.41, 5.74) is 0.0278. The molecule has 0 bridgehead atoms. The number of hydrogen-bond donors (Lipinski definition) is 2. The van der Waals surface area contributed by atoms with Gasteiger partial charge < -0.3 is 15.5 Å². The second kappa shape index (κ2) is 6.98. The van der Waals surface area contributed by atoms with Crippen LogP contribution in [0.15, 0.2) is 24.3 Å². The van der Waals surface area contributed by atoms with E-state index in [0.717, 1.165) is 38.5 Å². The number of benzene rings is 1. The number of anilines is 1. The van der Waals surface area contributed by atoms with Crippen molar-refractivity contribution >= 4 is 23.4 Å². The first-order chi connectivity index (χ1) is 13.0. The average Bonchev–Trinajstić information content (AvgIpc) is 3.49. The Morgan fingerprint density at radius 2 is 1.74 bits per heavy atom. The zero-order valence-electron chi connectivity index (χ0n) is 15.8. The summed E-state index contributed by atoms with van der Waals surface area (Å²) in [7, 11) is 0. The minimum Gasteiger partial charge on any atom is -0.351 e. The smallest absolute Gasteiger partial charge is 0.313 e. The predicted octanol–water partition coefficient (Wildman–Crippen LogP) is 2.68. The van der Waals surface area contributed by atoms with Crippen molar-refractivity contribution < 1.29 is 14.4 Å². The molecule has 1 aromatic carbocycles. The van der Waals surface area contributed by atoms with Gasteiger partial charge in [-0.1, -0.05) is 43.9 Å². The molecule has 3 amide bonds. The summed E-state index contributed by atoms with van der Waals surface area (Å²) in [5, 5.41) is 5.91. The average molecular weight is 369 g/mol. The van der Waals surface area contributed by atoms with Gasteiger partial charge in [0.05, 0.1) is 0 Å². The first-order valence-corrected chi connectivity index (χ1v) is 10.1. The summed E-state index contributed by atoms with van der Waals surface area (Å²) in [6, 6.07) is 7.33. The lowest BCUT2D eigenvalue weighted by atomic mass is 9.87. The van der Waals surface area contributed by atoms with E-state index in [-0.39, 0.29) is 18.0 Å². The van der Waals surface area contributed by atoms with E-state index in [1.807, 2.05) is 12.1 Å². The predicted molar refractivity (Wildman–Crippen MR) is 102 cm³/mol. The van der Waals surface area contributed by atoms with Crippen LogP contribution in [0.3, 0.4) is 0 Å². The molecule has 1 unspecified atom stereocenters. The molecule has 0 aromatic heterocycles. The number of hydrogen-bond acceptors (Lipinski definition) is 3. The highest BCUT2D eigenvalue weighted by Crippen LogP contribution is 2.43. The molecule has 1 atom stereocenters. The Balaban J connectivity index is 1.74. The van der Waals surface area contributed by atoms with Crippen LogP contribution >= 0.6 is 0 Å². The molecule has 0 spiro atoms. The molecule has 0 saturated heterocycles. The van der Waals surface area contributed by atoms with Gasteiger partial charge in [-0.3, -0.25) is 14.4 Å². The van der Waals surface area contributed by atoms with E-state index in [1.54, 1.807) is 19.1 Å². The van der Waals surface area contributed by atoms with Gasteiger partial charge >= 0.3 is 11.8 Å². The van der Waals surface area contributed by atoms with Crippen LogP contribution < -0.4 is 10.6 Å². The molecule has 2 saturated carbocycles. The van der Waals surface area contributed by atoms with Crippen LogP contribution in [0.5, 0.6) is 0 Å². The maximum Gasteiger partial charge on any atom is 0.313 e. The summed E-state index contributed by atoms with van der Waals surface area (Å²) in [6.45, 7) is 1.79. The lowest BCUT2D eigenvalue weighted by Crippen LogP contribution is -2.59. The van der Waals surface area contributed by atoms with Crippen LogP contribution in [0.4, 0.5) is 5.69 Å². The van der Waals surface area contributed by atoms with Crippen LogP contribution in [0.25, 0.3) is 0 Å². The lowest BCUT2D eigenvalue weighted by Gasteiger charge is -2.40. The van der Waals surface area contributed by atoms with E-state index in [9.17, 15) is 14.4 Å². The van der Waals surface area contributed by atoms with Gasteiger partial charge in [-0.2, -0.15) is 0 Å². The summed E-state index contributed by atoms with van der Waals surface area (Å²) in [6.07, 6.45) is 8.24. The first kappa shape index (κ1) is 18.0. The van der Waals surface area contributed by atoms with Crippen molar-refractivity contribution in [1.29, 1.82) is 0 Å². The molecule has 27 heavy (non-hydrogen) atoms. The summed E-state index contributed by atoms with van der Waals surface area (Å²) in [4.78, 5) is 40.4. The lowest BCUT2D eigenvalue weighted by molar-refractivity contribution is -0.153. The van der Waals surface area contributed by atoms with E-state index in [0.29, 0.717) is 11.3 Å². The number of carbonyl (C=O) groups excluding carboxylic acids is 3. The van der Waals surface area contributed by atoms with Crippen molar-refractivity contribution in [3.63, 3.8) is 0 Å². The Morgan fingerprint density at radius 1 is 1.07 bits per heavy atom. The Kier molecular flexibility index (Phi) is 4.66. The van der Waals surface area contributed by atoms with Crippen LogP contribution in [-0.2, 0) is 19.9 Å². The zero-order valence-corrected chi connectivity index (χ0v) is 15.8. The van der Waals surface area contributed by atoms with E-state index in [1.165, 1.54) is 17.7 Å². The molecule has 1 heterocycles. The largest absolute Gasteiger partial charge is 0.351 e. The molecular weight excluding hydrogens is 342 g/mol. The van der Waals surface area contributed by atoms with E-state index in [2.05, 4.69) is 10.6 Å². The van der Waals surface area contributed by atoms with Gasteiger partial charge in [0, 0.05) is 23.3 Å². The van der Waals surface area contributed by atoms with Crippen molar-refractivity contribution in [3.8, 4) is 0 Å². The number of amides is 3. The van der Waals surface area contributed by atoms with E-state index >= 15 is 0 Å². The normalized spacial score (nSPS) is 26.6. The van der Waals surface area contributed by atoms with Crippen LogP contribution in [0.2, 0.25) is 0 Å². The summed E-state index contributed by atoms with van der Waals surface area (Å²) < 4.78 is 0. The van der Waals surface area contributed by atoms with Crippen molar-refractivity contribution in [2.45, 2.75) is 75.9 Å². The summed E-state index contributed by atoms with van der Waals surface area (Å²) in [5.74, 6) is -1.47.